The molecule has 5 aromatic rings. The summed E-state index contributed by atoms with van der Waals surface area (Å²) in [6.45, 7) is 12.3. The van der Waals surface area contributed by atoms with Gasteiger partial charge in [-0.3, -0.25) is 0 Å². The van der Waals surface area contributed by atoms with Crippen LogP contribution in [0.5, 0.6) is 11.5 Å². The van der Waals surface area contributed by atoms with Gasteiger partial charge in [-0.1, -0.05) is 24.3 Å². The topological polar surface area (TPSA) is 60.7 Å². The molecule has 4 aromatic carbocycles. The van der Waals surface area contributed by atoms with Crippen molar-refractivity contribution in [2.24, 2.45) is 0 Å². The van der Waals surface area contributed by atoms with E-state index in [1.807, 2.05) is 65.8 Å². The van der Waals surface area contributed by atoms with Gasteiger partial charge < -0.3 is 19.1 Å². The van der Waals surface area contributed by atoms with Crippen LogP contribution in [0.2, 0.25) is 0 Å². The highest BCUT2D eigenvalue weighted by Crippen LogP contribution is 2.37. The molecule has 0 bridgehead atoms. The number of rotatable bonds is 5. The van der Waals surface area contributed by atoms with Crippen LogP contribution >= 0.6 is 0 Å². The number of hydrogen-bond acceptors (Lipinski definition) is 3. The maximum Gasteiger partial charge on any atom is 0.335 e. The Morgan fingerprint density at radius 2 is 1.05 bits per heavy atom. The number of benzene rings is 4. The summed E-state index contributed by atoms with van der Waals surface area (Å²) in [6, 6.07) is 27.8. The second-order valence-electron chi connectivity index (χ2n) is 11.6. The highest BCUT2D eigenvalue weighted by molar-refractivity contribution is 6.10. The zero-order valence-electron chi connectivity index (χ0n) is 22.7. The zero-order chi connectivity index (χ0) is 27.2. The third kappa shape index (κ3) is 5.23. The lowest BCUT2D eigenvalue weighted by Crippen LogP contribution is -2.22. The summed E-state index contributed by atoms with van der Waals surface area (Å²) < 4.78 is 14.6. The van der Waals surface area contributed by atoms with Gasteiger partial charge in [-0.05, 0) is 113 Å². The van der Waals surface area contributed by atoms with Crippen molar-refractivity contribution in [2.75, 3.05) is 0 Å². The highest BCUT2D eigenvalue weighted by atomic mass is 16.5. The third-order valence-corrected chi connectivity index (χ3v) is 6.15. The van der Waals surface area contributed by atoms with Crippen LogP contribution in [0.25, 0.3) is 38.6 Å². The molecule has 0 radical (unpaired) electrons. The van der Waals surface area contributed by atoms with Gasteiger partial charge in [-0.15, -0.1) is 0 Å². The van der Waals surface area contributed by atoms with Gasteiger partial charge in [0, 0.05) is 16.5 Å². The predicted molar refractivity (Wildman–Crippen MR) is 154 cm³/mol. The molecule has 0 aliphatic heterocycles. The van der Waals surface area contributed by atoms with Gasteiger partial charge in [0.1, 0.15) is 22.7 Å². The largest absolute Gasteiger partial charge is 0.488 e. The van der Waals surface area contributed by atoms with Crippen molar-refractivity contribution < 1.29 is 19.4 Å². The molecule has 5 nitrogen and oxygen atoms in total. The summed E-state index contributed by atoms with van der Waals surface area (Å²) in [4.78, 5) is 11.2. The van der Waals surface area contributed by atoms with E-state index in [9.17, 15) is 9.90 Å². The first-order valence-electron chi connectivity index (χ1n) is 12.8. The van der Waals surface area contributed by atoms with Crippen LogP contribution in [0.1, 0.15) is 51.9 Å². The van der Waals surface area contributed by atoms with E-state index in [4.69, 9.17) is 9.47 Å². The number of carboxylic acids is 1. The fourth-order valence-electron chi connectivity index (χ4n) is 4.70. The molecule has 0 atom stereocenters. The molecule has 0 amide bonds. The average Bonchev–Trinajstić information content (AvgIpc) is 3.15. The minimum Gasteiger partial charge on any atom is -0.488 e. The molecule has 0 aliphatic carbocycles. The van der Waals surface area contributed by atoms with Crippen molar-refractivity contribution in [3.63, 3.8) is 0 Å². The maximum absolute atomic E-state index is 11.2. The van der Waals surface area contributed by atoms with Gasteiger partial charge >= 0.3 is 5.97 Å². The Kier molecular flexibility index (Phi) is 6.18. The summed E-state index contributed by atoms with van der Waals surface area (Å²) in [7, 11) is 0. The second kappa shape index (κ2) is 9.25. The first-order valence-corrected chi connectivity index (χ1v) is 12.8. The maximum atomic E-state index is 11.2. The van der Waals surface area contributed by atoms with E-state index in [0.717, 1.165) is 50.1 Å². The Morgan fingerprint density at radius 3 is 1.45 bits per heavy atom. The molecule has 1 heterocycles. The van der Waals surface area contributed by atoms with Crippen LogP contribution in [0.3, 0.4) is 0 Å². The molecule has 0 unspecified atom stereocenters. The Labute approximate surface area is 223 Å². The number of nitrogens with zero attached hydrogens (tertiary/aromatic N) is 1. The van der Waals surface area contributed by atoms with Crippen molar-refractivity contribution in [2.45, 2.75) is 52.7 Å². The Bertz CT molecular complexity index is 1560. The Hall–Kier alpha value is -4.25. The van der Waals surface area contributed by atoms with E-state index in [-0.39, 0.29) is 16.8 Å². The summed E-state index contributed by atoms with van der Waals surface area (Å²) >= 11 is 0. The van der Waals surface area contributed by atoms with Gasteiger partial charge in [-0.2, -0.15) is 0 Å². The number of ether oxygens (including phenoxy) is 2. The predicted octanol–water partition coefficient (Wildman–Crippen LogP) is 8.50. The zero-order valence-corrected chi connectivity index (χ0v) is 22.7. The van der Waals surface area contributed by atoms with Crippen LogP contribution in [-0.4, -0.2) is 26.8 Å². The minimum absolute atomic E-state index is 0.278. The molecule has 194 valence electrons. The Morgan fingerprint density at radius 1 is 0.632 bits per heavy atom. The highest BCUT2D eigenvalue weighted by Gasteiger charge is 2.18. The van der Waals surface area contributed by atoms with Crippen LogP contribution in [-0.2, 0) is 0 Å². The monoisotopic (exact) mass is 507 g/mol. The molecular formula is C33H33NO4. The lowest BCUT2D eigenvalue weighted by atomic mass is 10.0. The van der Waals surface area contributed by atoms with E-state index in [2.05, 4.69) is 53.1 Å². The molecule has 0 aliphatic rings. The summed E-state index contributed by atoms with van der Waals surface area (Å²) in [5.74, 6) is 0.725. The molecule has 1 aromatic heterocycles. The second-order valence-corrected chi connectivity index (χ2v) is 11.6. The molecular weight excluding hydrogens is 474 g/mol. The van der Waals surface area contributed by atoms with E-state index < -0.39 is 5.97 Å². The molecule has 5 heteroatoms. The van der Waals surface area contributed by atoms with Gasteiger partial charge in [0.15, 0.2) is 0 Å². The standard InChI is InChI=1S/C33H33NO4/c1-32(2,3)37-25-15-17-29-27(19-25)28-20-26(38-33(4,5)6)16-18-30(28)34(29)24-13-11-22(12-14-24)21-7-9-23(10-8-21)31(35)36/h7-20H,1-6H3,(H,35,36). The molecule has 38 heavy (non-hydrogen) atoms. The van der Waals surface area contributed by atoms with E-state index >= 15 is 0 Å². The summed E-state index contributed by atoms with van der Waals surface area (Å²) in [5, 5.41) is 11.4. The van der Waals surface area contributed by atoms with Gasteiger partial charge in [-0.25, -0.2) is 4.79 Å². The summed E-state index contributed by atoms with van der Waals surface area (Å²) in [6.07, 6.45) is 0. The molecule has 0 saturated carbocycles. The van der Waals surface area contributed by atoms with Crippen molar-refractivity contribution in [1.29, 1.82) is 0 Å². The Balaban J connectivity index is 1.63. The first-order chi connectivity index (χ1) is 17.9. The van der Waals surface area contributed by atoms with Crippen LogP contribution in [0.4, 0.5) is 0 Å². The molecule has 0 fully saturated rings. The minimum atomic E-state index is -0.926. The smallest absolute Gasteiger partial charge is 0.335 e. The number of aromatic carboxylic acids is 1. The first kappa shape index (κ1) is 25.4. The number of carboxylic acid groups (broad SMARTS) is 1. The molecule has 1 N–H and O–H groups in total. The SMILES string of the molecule is CC(C)(C)Oc1ccc2c(c1)c1cc(OC(C)(C)C)ccc1n2-c1ccc(-c2ccc(C(=O)O)cc2)cc1. The van der Waals surface area contributed by atoms with Crippen LogP contribution < -0.4 is 9.47 Å². The van der Waals surface area contributed by atoms with E-state index in [1.165, 1.54) is 0 Å². The van der Waals surface area contributed by atoms with E-state index in [1.54, 1.807) is 12.1 Å². The lowest BCUT2D eigenvalue weighted by molar-refractivity contribution is 0.0696. The fraction of sp³-hybridized carbons (Fsp3) is 0.242. The van der Waals surface area contributed by atoms with Crippen molar-refractivity contribution in [3.05, 3.63) is 90.5 Å². The molecule has 0 saturated heterocycles. The number of carbonyl (C=O) groups is 1. The fourth-order valence-corrected chi connectivity index (χ4v) is 4.70. The van der Waals surface area contributed by atoms with Crippen molar-refractivity contribution in [3.8, 4) is 28.3 Å². The number of aromatic nitrogens is 1. The van der Waals surface area contributed by atoms with Crippen molar-refractivity contribution in [1.82, 2.24) is 4.57 Å². The third-order valence-electron chi connectivity index (χ3n) is 6.15. The molecule has 5 rings (SSSR count). The lowest BCUT2D eigenvalue weighted by Gasteiger charge is -2.21. The van der Waals surface area contributed by atoms with Gasteiger partial charge in [0.25, 0.3) is 0 Å². The summed E-state index contributed by atoms with van der Waals surface area (Å²) in [5.41, 5.74) is 4.85. The van der Waals surface area contributed by atoms with Gasteiger partial charge in [0.05, 0.1) is 16.6 Å². The molecule has 0 spiro atoms. The van der Waals surface area contributed by atoms with E-state index in [0.29, 0.717) is 0 Å². The van der Waals surface area contributed by atoms with Crippen molar-refractivity contribution >= 4 is 27.8 Å². The van der Waals surface area contributed by atoms with Crippen LogP contribution in [0, 0.1) is 0 Å². The number of fused-ring (bicyclic) bond motifs is 3. The quantitative estimate of drug-likeness (QED) is 0.259. The van der Waals surface area contributed by atoms with Gasteiger partial charge in [0.2, 0.25) is 0 Å². The number of hydrogen-bond donors (Lipinski definition) is 1. The average molecular weight is 508 g/mol. The normalized spacial score (nSPS) is 12.2. The van der Waals surface area contributed by atoms with Crippen LogP contribution in [0.15, 0.2) is 84.9 Å².